The van der Waals surface area contributed by atoms with E-state index in [1.165, 1.54) is 0 Å². The molecule has 0 saturated carbocycles. The topological polar surface area (TPSA) is 138 Å². The molecule has 1 radical (unpaired) electrons. The minimum absolute atomic E-state index is 0. The summed E-state index contributed by atoms with van der Waals surface area (Å²) in [5.74, 6) is 0.711. The monoisotopic (exact) mass is 903 g/mol. The molecule has 4 N–H and O–H groups in total. The molecule has 327 valence electrons. The molecule has 4 aromatic heterocycles. The maximum atomic E-state index is 13.2. The Morgan fingerprint density at radius 1 is 0.369 bits per heavy atom. The number of aryl methyl sites for hydroxylation is 4. The Balaban J connectivity index is 0.000000146. The van der Waals surface area contributed by atoms with Gasteiger partial charge in [-0.05, 0) is 86.3 Å². The van der Waals surface area contributed by atoms with Gasteiger partial charge in [0, 0.05) is 87.1 Å². The van der Waals surface area contributed by atoms with E-state index in [2.05, 4.69) is 68.5 Å². The quantitative estimate of drug-likeness (QED) is 0.0878. The van der Waals surface area contributed by atoms with Gasteiger partial charge >= 0.3 is 0 Å². The molecule has 10 aromatic rings. The van der Waals surface area contributed by atoms with Gasteiger partial charge in [-0.25, -0.2) is 0 Å². The number of aromatic hydroxyl groups is 2. The van der Waals surface area contributed by atoms with Crippen molar-refractivity contribution in [3.8, 4) is 23.0 Å². The second-order valence-electron chi connectivity index (χ2n) is 16.6. The van der Waals surface area contributed by atoms with Gasteiger partial charge in [0.1, 0.15) is 11.5 Å². The van der Waals surface area contributed by atoms with Gasteiger partial charge in [0.15, 0.2) is 0 Å². The Morgan fingerprint density at radius 2 is 0.600 bits per heavy atom. The van der Waals surface area contributed by atoms with Gasteiger partial charge in [-0.15, -0.1) is 5.75 Å². The zero-order valence-electron chi connectivity index (χ0n) is 36.6. The van der Waals surface area contributed by atoms with Crippen LogP contribution in [0, 0.1) is 27.7 Å². The third-order valence-corrected chi connectivity index (χ3v) is 11.9. The van der Waals surface area contributed by atoms with Crippen LogP contribution in [-0.2, 0) is 42.8 Å². The molecule has 0 spiro atoms. The van der Waals surface area contributed by atoms with E-state index < -0.39 is 0 Å². The van der Waals surface area contributed by atoms with Crippen molar-refractivity contribution in [2.45, 2.75) is 53.4 Å². The number of fused-ring (bicyclic) bond motifs is 14. The first-order valence-electron chi connectivity index (χ1n) is 21.5. The number of para-hydroxylation sites is 4. The molecule has 0 unspecified atom stereocenters. The first kappa shape index (κ1) is 44.3. The molecule has 4 heterocycles. The van der Waals surface area contributed by atoms with Crippen molar-refractivity contribution in [3.05, 3.63) is 213 Å². The van der Waals surface area contributed by atoms with E-state index in [1.807, 2.05) is 113 Å². The van der Waals surface area contributed by atoms with Crippen molar-refractivity contribution in [3.63, 3.8) is 0 Å². The minimum Gasteiger partial charge on any atom is -0.872 e. The van der Waals surface area contributed by atoms with Crippen LogP contribution in [0.2, 0.25) is 0 Å². The molecule has 0 saturated heterocycles. The molecule has 8 bridgehead atoms. The third kappa shape index (κ3) is 9.34. The summed E-state index contributed by atoms with van der Waals surface area (Å²) in [7, 11) is 0. The smallest absolute Gasteiger partial charge is 0.260 e. The zero-order chi connectivity index (χ0) is 44.5. The van der Waals surface area contributed by atoms with Gasteiger partial charge in [-0.3, -0.25) is 19.9 Å². The Bertz CT molecular complexity index is 2880. The number of phenols is 2. The number of hydrogen-bond donors (Lipinski definition) is 2. The molecule has 6 aromatic carbocycles. The normalized spacial score (nSPS) is 11.9. The fraction of sp³-hybridized carbons (Fsp3) is 0.143. The minimum atomic E-state index is -0.0622. The van der Waals surface area contributed by atoms with Crippen LogP contribution in [-0.4, -0.2) is 35.3 Å². The molecule has 0 fully saturated rings. The first-order chi connectivity index (χ1) is 31.0. The Labute approximate surface area is 388 Å². The third-order valence-electron chi connectivity index (χ3n) is 11.9. The predicted octanol–water partition coefficient (Wildman–Crippen LogP) is 11.1. The number of pyridine rings is 4. The van der Waals surface area contributed by atoms with Crippen molar-refractivity contribution in [2.24, 2.45) is 0 Å². The second kappa shape index (κ2) is 18.8. The van der Waals surface area contributed by atoms with Crippen LogP contribution in [0.15, 0.2) is 146 Å². The summed E-state index contributed by atoms with van der Waals surface area (Å²) in [4.78, 5) is 18.3. The van der Waals surface area contributed by atoms with Gasteiger partial charge in [0.05, 0.1) is 33.2 Å². The van der Waals surface area contributed by atoms with Crippen LogP contribution in [0.25, 0.3) is 43.6 Å². The number of rotatable bonds is 0. The van der Waals surface area contributed by atoms with Crippen molar-refractivity contribution >= 4 is 43.6 Å². The summed E-state index contributed by atoms with van der Waals surface area (Å²) in [5, 5.41) is 48.4. The molecule has 9 heteroatoms. The number of aromatic nitrogens is 4. The van der Waals surface area contributed by atoms with Gasteiger partial charge in [-0.1, -0.05) is 120 Å². The summed E-state index contributed by atoms with van der Waals surface area (Å²) in [5.41, 5.74) is 13.8. The summed E-state index contributed by atoms with van der Waals surface area (Å²) >= 11 is 0. The van der Waals surface area contributed by atoms with E-state index in [0.29, 0.717) is 53.7 Å². The van der Waals surface area contributed by atoms with E-state index in [1.54, 1.807) is 12.1 Å². The van der Waals surface area contributed by atoms with Gasteiger partial charge in [0.2, 0.25) is 0 Å². The number of phenolic OH excluding ortho intramolecular Hbond substituents is 2. The van der Waals surface area contributed by atoms with Crippen LogP contribution < -0.4 is 5.11 Å². The van der Waals surface area contributed by atoms with Crippen LogP contribution in [0.1, 0.15) is 67.3 Å². The SMILES string of the molecule is Cc1ccc2ccc3ccc(C)nc3c2n1.Cc1ccc2ccc3ccc(C)nc3c2n1.[Cu].[O-]c1c2cccc1Cc1cccc(c1O)Cc1cccc(c1[OH2+])Cc1cccc(c1O)C2. The Kier molecular flexibility index (Phi) is 12.8. The van der Waals surface area contributed by atoms with Crippen LogP contribution >= 0.6 is 0 Å². The van der Waals surface area contributed by atoms with Crippen molar-refractivity contribution in [1.29, 1.82) is 0 Å². The van der Waals surface area contributed by atoms with E-state index in [-0.39, 0.29) is 34.3 Å². The first-order valence-corrected chi connectivity index (χ1v) is 21.5. The molecule has 0 aliphatic heterocycles. The van der Waals surface area contributed by atoms with E-state index in [4.69, 9.17) is 5.11 Å². The average molecular weight is 905 g/mol. The molecule has 65 heavy (non-hydrogen) atoms. The van der Waals surface area contributed by atoms with Crippen LogP contribution in [0.4, 0.5) is 0 Å². The predicted molar refractivity (Wildman–Crippen MR) is 256 cm³/mol. The van der Waals surface area contributed by atoms with Gasteiger partial charge in [-0.2, -0.15) is 0 Å². The maximum Gasteiger partial charge on any atom is 0.260 e. The largest absolute Gasteiger partial charge is 0.872 e. The molecule has 1 aliphatic carbocycles. The summed E-state index contributed by atoms with van der Waals surface area (Å²) in [6, 6.07) is 47.2. The molecule has 1 aliphatic rings. The summed E-state index contributed by atoms with van der Waals surface area (Å²) in [6.45, 7) is 8.03. The average Bonchev–Trinajstić information content (AvgIpc) is 3.29. The number of benzene rings is 6. The van der Waals surface area contributed by atoms with Crippen molar-refractivity contribution in [2.75, 3.05) is 0 Å². The number of hydrogen-bond acceptors (Lipinski definition) is 7. The maximum absolute atomic E-state index is 13.2. The molecule has 11 rings (SSSR count). The van der Waals surface area contributed by atoms with E-state index >= 15 is 0 Å². The standard InChI is InChI=1S/C28H24O4.2C14H12N2.Cu/c29-25-17-5-1-6-18(25)14-20-8-3-10-22(27(20)31)16-24-12-4-11-23(28(24)32)15-21-9-2-7-19(13-17)26(21)30;2*1-9-3-5-11-7-8-12-6-4-10(2)16-14(12)13(11)15-9;/h1-12,29-32H,13-16H2;2*3-8H,1-2H3;. The molecular weight excluding hydrogens is 856 g/mol. The van der Waals surface area contributed by atoms with E-state index in [9.17, 15) is 15.3 Å². The van der Waals surface area contributed by atoms with Gasteiger partial charge < -0.3 is 20.4 Å². The molecule has 8 nitrogen and oxygen atoms in total. The summed E-state index contributed by atoms with van der Waals surface area (Å²) in [6.07, 6.45) is 1.49. The zero-order valence-corrected chi connectivity index (χ0v) is 37.5. The van der Waals surface area contributed by atoms with Crippen LogP contribution in [0.3, 0.4) is 0 Å². The van der Waals surface area contributed by atoms with Crippen LogP contribution in [0.5, 0.6) is 23.0 Å². The van der Waals surface area contributed by atoms with Gasteiger partial charge in [0.25, 0.3) is 5.75 Å². The number of nitrogens with zero attached hydrogens (tertiary/aromatic N) is 4. The van der Waals surface area contributed by atoms with Crippen molar-refractivity contribution < 1.29 is 37.5 Å². The second-order valence-corrected chi connectivity index (χ2v) is 16.6. The molecular formula is C56H48CuN4O4. The Morgan fingerprint density at radius 3 is 0.892 bits per heavy atom. The Hall–Kier alpha value is -7.32. The van der Waals surface area contributed by atoms with E-state index in [0.717, 1.165) is 88.6 Å². The fourth-order valence-corrected chi connectivity index (χ4v) is 8.47. The summed E-state index contributed by atoms with van der Waals surface area (Å²) < 4.78 is 0. The molecule has 0 amide bonds. The molecule has 0 atom stereocenters. The fourth-order valence-electron chi connectivity index (χ4n) is 8.47. The van der Waals surface area contributed by atoms with Crippen molar-refractivity contribution in [1.82, 2.24) is 19.9 Å².